The second kappa shape index (κ2) is 6.36. The van der Waals surface area contributed by atoms with E-state index in [0.29, 0.717) is 17.3 Å². The molecule has 2 N–H and O–H groups in total. The monoisotopic (exact) mass is 351 g/mol. The van der Waals surface area contributed by atoms with Crippen LogP contribution in [0.4, 0.5) is 5.69 Å². The number of piperidine rings is 1. The minimum atomic E-state index is 0.0917. The number of carbonyl (C=O) groups excluding carboxylic acids is 1. The molecule has 1 aromatic rings. The predicted octanol–water partition coefficient (Wildman–Crippen LogP) is 2.73. The van der Waals surface area contributed by atoms with Crippen molar-refractivity contribution < 1.29 is 4.79 Å². The van der Waals surface area contributed by atoms with E-state index in [1.165, 1.54) is 25.9 Å². The van der Waals surface area contributed by atoms with Crippen molar-refractivity contribution in [2.24, 2.45) is 0 Å². The highest BCUT2D eigenvalue weighted by molar-refractivity contribution is 9.10. The lowest BCUT2D eigenvalue weighted by atomic mass is 10.0. The minimum absolute atomic E-state index is 0.0917. The zero-order valence-electron chi connectivity index (χ0n) is 12.2. The third-order valence-electron chi connectivity index (χ3n) is 4.67. The van der Waals surface area contributed by atoms with Gasteiger partial charge < -0.3 is 15.5 Å². The summed E-state index contributed by atoms with van der Waals surface area (Å²) in [5.74, 6) is 0.0917. The Morgan fingerprint density at radius 2 is 1.81 bits per heavy atom. The summed E-state index contributed by atoms with van der Waals surface area (Å²) in [6.45, 7) is 4.17. The van der Waals surface area contributed by atoms with Gasteiger partial charge >= 0.3 is 0 Å². The molecule has 3 rings (SSSR count). The molecule has 5 heteroatoms. The largest absolute Gasteiger partial charge is 0.398 e. The normalized spacial score (nSPS) is 20.9. The Hall–Kier alpha value is -1.07. The standard InChI is InChI=1S/C16H22BrN3O/c17-15-13(4-3-5-14(15)18)16(21)20-10-6-12(7-11-20)19-8-1-2-9-19/h3-5,12H,1-2,6-11,18H2. The first kappa shape index (κ1) is 14.9. The number of benzene rings is 1. The zero-order valence-corrected chi connectivity index (χ0v) is 13.8. The van der Waals surface area contributed by atoms with Crippen LogP contribution in [0, 0.1) is 0 Å². The van der Waals surface area contributed by atoms with Gasteiger partial charge in [0.15, 0.2) is 0 Å². The van der Waals surface area contributed by atoms with Crippen molar-refractivity contribution in [2.45, 2.75) is 31.7 Å². The number of anilines is 1. The Kier molecular flexibility index (Phi) is 4.50. The highest BCUT2D eigenvalue weighted by atomic mass is 79.9. The van der Waals surface area contributed by atoms with Crippen LogP contribution < -0.4 is 5.73 Å². The first-order chi connectivity index (χ1) is 10.2. The fraction of sp³-hybridized carbons (Fsp3) is 0.562. The molecular weight excluding hydrogens is 330 g/mol. The van der Waals surface area contributed by atoms with Gasteiger partial charge in [-0.2, -0.15) is 0 Å². The van der Waals surface area contributed by atoms with E-state index in [9.17, 15) is 4.79 Å². The molecule has 1 aromatic carbocycles. The number of amides is 1. The predicted molar refractivity (Wildman–Crippen MR) is 88.3 cm³/mol. The molecule has 114 valence electrons. The Morgan fingerprint density at radius 1 is 1.14 bits per heavy atom. The van der Waals surface area contributed by atoms with Crippen LogP contribution in [0.25, 0.3) is 0 Å². The number of nitrogen functional groups attached to an aromatic ring is 1. The summed E-state index contributed by atoms with van der Waals surface area (Å²) in [7, 11) is 0. The van der Waals surface area contributed by atoms with Crippen molar-refractivity contribution in [3.05, 3.63) is 28.2 Å². The maximum atomic E-state index is 12.6. The van der Waals surface area contributed by atoms with Crippen LogP contribution in [-0.2, 0) is 0 Å². The molecule has 21 heavy (non-hydrogen) atoms. The lowest BCUT2D eigenvalue weighted by molar-refractivity contribution is 0.0643. The average molecular weight is 352 g/mol. The molecule has 2 saturated heterocycles. The first-order valence-electron chi connectivity index (χ1n) is 7.74. The number of carbonyl (C=O) groups is 1. The SMILES string of the molecule is Nc1cccc(C(=O)N2CCC(N3CCCC3)CC2)c1Br. The van der Waals surface area contributed by atoms with Crippen LogP contribution in [0.2, 0.25) is 0 Å². The molecule has 0 unspecified atom stereocenters. The number of hydrogen-bond acceptors (Lipinski definition) is 3. The Morgan fingerprint density at radius 3 is 2.48 bits per heavy atom. The number of nitrogens with two attached hydrogens (primary N) is 1. The summed E-state index contributed by atoms with van der Waals surface area (Å²) in [5, 5.41) is 0. The number of nitrogens with zero attached hydrogens (tertiary/aromatic N) is 2. The number of hydrogen-bond donors (Lipinski definition) is 1. The molecule has 0 bridgehead atoms. The van der Waals surface area contributed by atoms with Gasteiger partial charge in [0.1, 0.15) is 0 Å². The molecular formula is C16H22BrN3O. The van der Waals surface area contributed by atoms with Crippen LogP contribution in [-0.4, -0.2) is 47.9 Å². The van der Waals surface area contributed by atoms with Crippen LogP contribution >= 0.6 is 15.9 Å². The quantitative estimate of drug-likeness (QED) is 0.833. The molecule has 4 nitrogen and oxygen atoms in total. The van der Waals surface area contributed by atoms with Crippen LogP contribution in [0.1, 0.15) is 36.0 Å². The van der Waals surface area contributed by atoms with E-state index in [1.54, 1.807) is 6.07 Å². The van der Waals surface area contributed by atoms with Gasteiger partial charge in [-0.3, -0.25) is 4.79 Å². The van der Waals surface area contributed by atoms with E-state index in [0.717, 1.165) is 30.4 Å². The van der Waals surface area contributed by atoms with E-state index < -0.39 is 0 Å². The summed E-state index contributed by atoms with van der Waals surface area (Å²) in [6, 6.07) is 6.15. The summed E-state index contributed by atoms with van der Waals surface area (Å²) >= 11 is 3.43. The molecule has 0 atom stereocenters. The van der Waals surface area contributed by atoms with Crippen LogP contribution in [0.3, 0.4) is 0 Å². The van der Waals surface area contributed by atoms with E-state index >= 15 is 0 Å². The number of rotatable bonds is 2. The molecule has 0 saturated carbocycles. The maximum absolute atomic E-state index is 12.6. The lowest BCUT2D eigenvalue weighted by Crippen LogP contribution is -2.46. The average Bonchev–Trinajstić information content (AvgIpc) is 3.04. The molecule has 2 aliphatic rings. The number of halogens is 1. The molecule has 0 aromatic heterocycles. The van der Waals surface area contributed by atoms with Crippen LogP contribution in [0.15, 0.2) is 22.7 Å². The lowest BCUT2D eigenvalue weighted by Gasteiger charge is -2.36. The van der Waals surface area contributed by atoms with Crippen molar-refractivity contribution >= 4 is 27.5 Å². The van der Waals surface area contributed by atoms with Gasteiger partial charge in [-0.1, -0.05) is 6.07 Å². The molecule has 2 aliphatic heterocycles. The van der Waals surface area contributed by atoms with Crippen molar-refractivity contribution in [1.29, 1.82) is 0 Å². The van der Waals surface area contributed by atoms with E-state index in [1.807, 2.05) is 17.0 Å². The third kappa shape index (κ3) is 3.09. The van der Waals surface area contributed by atoms with E-state index in [2.05, 4.69) is 20.8 Å². The van der Waals surface area contributed by atoms with Gasteiger partial charge in [0.2, 0.25) is 0 Å². The van der Waals surface area contributed by atoms with E-state index in [4.69, 9.17) is 5.73 Å². The van der Waals surface area contributed by atoms with Crippen molar-refractivity contribution in [2.75, 3.05) is 31.9 Å². The van der Waals surface area contributed by atoms with Crippen molar-refractivity contribution in [3.8, 4) is 0 Å². The number of likely N-dealkylation sites (tertiary alicyclic amines) is 2. The molecule has 0 spiro atoms. The van der Waals surface area contributed by atoms with Gasteiger partial charge in [0.25, 0.3) is 5.91 Å². The summed E-state index contributed by atoms with van der Waals surface area (Å²) < 4.78 is 0.719. The Balaban J connectivity index is 1.63. The van der Waals surface area contributed by atoms with Gasteiger partial charge in [0.05, 0.1) is 10.0 Å². The second-order valence-electron chi connectivity index (χ2n) is 5.98. The maximum Gasteiger partial charge on any atom is 0.255 e. The van der Waals surface area contributed by atoms with Crippen molar-refractivity contribution in [3.63, 3.8) is 0 Å². The highest BCUT2D eigenvalue weighted by Crippen LogP contribution is 2.27. The minimum Gasteiger partial charge on any atom is -0.398 e. The molecule has 1 amide bonds. The smallest absolute Gasteiger partial charge is 0.255 e. The molecule has 0 radical (unpaired) electrons. The van der Waals surface area contributed by atoms with Gasteiger partial charge in [-0.15, -0.1) is 0 Å². The zero-order chi connectivity index (χ0) is 14.8. The first-order valence-corrected chi connectivity index (χ1v) is 8.53. The third-order valence-corrected chi connectivity index (χ3v) is 5.55. The Labute approximate surface area is 134 Å². The summed E-state index contributed by atoms with van der Waals surface area (Å²) in [6.07, 6.45) is 4.84. The second-order valence-corrected chi connectivity index (χ2v) is 6.77. The van der Waals surface area contributed by atoms with Crippen molar-refractivity contribution in [1.82, 2.24) is 9.80 Å². The Bertz CT molecular complexity index is 520. The summed E-state index contributed by atoms with van der Waals surface area (Å²) in [5.41, 5.74) is 7.16. The molecule has 0 aliphatic carbocycles. The fourth-order valence-electron chi connectivity index (χ4n) is 3.43. The van der Waals surface area contributed by atoms with Gasteiger partial charge in [-0.25, -0.2) is 0 Å². The van der Waals surface area contributed by atoms with E-state index in [-0.39, 0.29) is 5.91 Å². The molecule has 2 fully saturated rings. The topological polar surface area (TPSA) is 49.6 Å². The fourth-order valence-corrected chi connectivity index (χ4v) is 3.86. The van der Waals surface area contributed by atoms with Gasteiger partial charge in [0, 0.05) is 24.8 Å². The molecule has 2 heterocycles. The highest BCUT2D eigenvalue weighted by Gasteiger charge is 2.29. The van der Waals surface area contributed by atoms with Gasteiger partial charge in [-0.05, 0) is 66.8 Å². The van der Waals surface area contributed by atoms with Crippen LogP contribution in [0.5, 0.6) is 0 Å². The summed E-state index contributed by atoms with van der Waals surface area (Å²) in [4.78, 5) is 17.2.